The third-order valence-electron chi connectivity index (χ3n) is 5.48. The minimum atomic E-state index is 0.284. The molecule has 0 saturated carbocycles. The van der Waals surface area contributed by atoms with Crippen LogP contribution in [-0.2, 0) is 6.61 Å². The lowest BCUT2D eigenvalue weighted by molar-refractivity contribution is 0.267. The van der Waals surface area contributed by atoms with Gasteiger partial charge in [-0.2, -0.15) is 5.26 Å². The third-order valence-corrected chi connectivity index (χ3v) is 6.81. The van der Waals surface area contributed by atoms with Gasteiger partial charge in [0, 0.05) is 0 Å². The van der Waals surface area contributed by atoms with Crippen molar-refractivity contribution in [3.8, 4) is 17.6 Å². The van der Waals surface area contributed by atoms with Gasteiger partial charge in [0.05, 0.1) is 37.7 Å². The van der Waals surface area contributed by atoms with Crippen LogP contribution in [-0.4, -0.2) is 16.6 Å². The Balaban J connectivity index is 1.66. The second-order valence-electron chi connectivity index (χ2n) is 8.01. The summed E-state index contributed by atoms with van der Waals surface area (Å²) in [4.78, 5) is 7.88. The molecule has 8 heteroatoms. The zero-order valence-corrected chi connectivity index (χ0v) is 22.5. The van der Waals surface area contributed by atoms with E-state index in [1.165, 1.54) is 0 Å². The fourth-order valence-corrected chi connectivity index (χ4v) is 4.47. The number of hydrogen-bond donors (Lipinski definition) is 1. The summed E-state index contributed by atoms with van der Waals surface area (Å²) in [6, 6.07) is 15.4. The van der Waals surface area contributed by atoms with Gasteiger partial charge in [0.15, 0.2) is 11.5 Å². The molecule has 35 heavy (non-hydrogen) atoms. The van der Waals surface area contributed by atoms with Gasteiger partial charge < -0.3 is 14.5 Å². The van der Waals surface area contributed by atoms with Gasteiger partial charge in [-0.3, -0.25) is 0 Å². The molecule has 0 atom stereocenters. The van der Waals surface area contributed by atoms with Crippen LogP contribution in [0.2, 0.25) is 10.0 Å². The standard InChI is InChI=1S/C27H22BrCl2N3O2/c1-4-34-25-12-18(10-20(28)26(25)35-14-17-5-6-21(29)22(30)11-17)9-19(13-31)27-32-23-7-15(2)16(3)8-24(23)33-27/h5-12H,4,14H2,1-3H3,(H,32,33)/b19-9+. The molecule has 4 rings (SSSR count). The van der Waals surface area contributed by atoms with Crippen LogP contribution < -0.4 is 9.47 Å². The molecule has 3 aromatic carbocycles. The molecule has 0 unspecified atom stereocenters. The maximum Gasteiger partial charge on any atom is 0.175 e. The Labute approximate surface area is 222 Å². The lowest BCUT2D eigenvalue weighted by atomic mass is 10.1. The monoisotopic (exact) mass is 569 g/mol. The van der Waals surface area contributed by atoms with Crippen molar-refractivity contribution in [3.63, 3.8) is 0 Å². The summed E-state index contributed by atoms with van der Waals surface area (Å²) in [5, 5.41) is 10.8. The third kappa shape index (κ3) is 5.65. The Hall–Kier alpha value is -2.98. The minimum absolute atomic E-state index is 0.284. The molecule has 4 aromatic rings. The molecule has 0 aliphatic heterocycles. The maximum absolute atomic E-state index is 9.86. The first kappa shape index (κ1) is 25.1. The molecule has 0 fully saturated rings. The number of aryl methyl sites for hydroxylation is 2. The number of rotatable bonds is 7. The summed E-state index contributed by atoms with van der Waals surface area (Å²) in [6.45, 7) is 6.73. The number of nitrogens with one attached hydrogen (secondary N) is 1. The van der Waals surface area contributed by atoms with Gasteiger partial charge in [0.2, 0.25) is 0 Å². The van der Waals surface area contributed by atoms with E-state index in [1.54, 1.807) is 18.2 Å². The lowest BCUT2D eigenvalue weighted by Crippen LogP contribution is -2.01. The van der Waals surface area contributed by atoms with E-state index in [0.717, 1.165) is 33.3 Å². The van der Waals surface area contributed by atoms with Crippen molar-refractivity contribution in [1.29, 1.82) is 5.26 Å². The first-order valence-corrected chi connectivity index (χ1v) is 12.5. The Morgan fingerprint density at radius 2 is 1.86 bits per heavy atom. The van der Waals surface area contributed by atoms with Gasteiger partial charge in [-0.25, -0.2) is 4.98 Å². The van der Waals surface area contributed by atoms with Gasteiger partial charge in [-0.1, -0.05) is 29.3 Å². The highest BCUT2D eigenvalue weighted by atomic mass is 79.9. The van der Waals surface area contributed by atoms with Crippen molar-refractivity contribution < 1.29 is 9.47 Å². The highest BCUT2D eigenvalue weighted by Gasteiger charge is 2.15. The van der Waals surface area contributed by atoms with Gasteiger partial charge in [0.25, 0.3) is 0 Å². The summed E-state index contributed by atoms with van der Waals surface area (Å²) < 4.78 is 12.6. The van der Waals surface area contributed by atoms with Crippen LogP contribution in [0.1, 0.15) is 35.0 Å². The Morgan fingerprint density at radius 3 is 2.57 bits per heavy atom. The topological polar surface area (TPSA) is 70.9 Å². The van der Waals surface area contributed by atoms with E-state index < -0.39 is 0 Å². The normalized spacial score (nSPS) is 11.5. The first-order valence-electron chi connectivity index (χ1n) is 10.9. The molecule has 0 spiro atoms. The largest absolute Gasteiger partial charge is 0.490 e. The van der Waals surface area contributed by atoms with Crippen molar-refractivity contribution in [2.24, 2.45) is 0 Å². The molecule has 0 amide bonds. The number of hydrogen-bond acceptors (Lipinski definition) is 4. The second kappa shape index (κ2) is 10.7. The van der Waals surface area contributed by atoms with Crippen molar-refractivity contribution in [2.75, 3.05) is 6.61 Å². The lowest BCUT2D eigenvalue weighted by Gasteiger charge is -2.15. The van der Waals surface area contributed by atoms with E-state index in [1.807, 2.05) is 51.1 Å². The predicted molar refractivity (Wildman–Crippen MR) is 145 cm³/mol. The molecule has 1 heterocycles. The summed E-state index contributed by atoms with van der Waals surface area (Å²) >= 11 is 15.7. The van der Waals surface area contributed by atoms with Crippen molar-refractivity contribution >= 4 is 61.8 Å². The first-order chi connectivity index (χ1) is 16.8. The highest BCUT2D eigenvalue weighted by Crippen LogP contribution is 2.38. The molecule has 0 bridgehead atoms. The van der Waals surface area contributed by atoms with E-state index in [-0.39, 0.29) is 6.61 Å². The van der Waals surface area contributed by atoms with Crippen LogP contribution in [0.25, 0.3) is 22.7 Å². The molecule has 0 saturated heterocycles. The minimum Gasteiger partial charge on any atom is -0.490 e. The highest BCUT2D eigenvalue weighted by molar-refractivity contribution is 9.10. The predicted octanol–water partition coefficient (Wildman–Crippen LogP) is 8.29. The fraction of sp³-hybridized carbons (Fsp3) is 0.185. The second-order valence-corrected chi connectivity index (χ2v) is 9.68. The maximum atomic E-state index is 9.86. The molecule has 178 valence electrons. The summed E-state index contributed by atoms with van der Waals surface area (Å²) in [5.41, 5.74) is 6.09. The number of nitriles is 1. The number of fused-ring (bicyclic) bond motifs is 1. The summed E-state index contributed by atoms with van der Waals surface area (Å²) in [6.07, 6.45) is 1.77. The Bertz CT molecular complexity index is 1450. The Morgan fingerprint density at radius 1 is 1.09 bits per heavy atom. The molecule has 5 nitrogen and oxygen atoms in total. The van der Waals surface area contributed by atoms with Crippen LogP contribution in [0.5, 0.6) is 11.5 Å². The van der Waals surface area contributed by atoms with Crippen molar-refractivity contribution in [3.05, 3.63) is 85.1 Å². The molecular formula is C27H22BrCl2N3O2. The van der Waals surface area contributed by atoms with Crippen molar-refractivity contribution in [1.82, 2.24) is 9.97 Å². The van der Waals surface area contributed by atoms with Crippen LogP contribution in [0.3, 0.4) is 0 Å². The number of ether oxygens (including phenoxy) is 2. The molecule has 0 radical (unpaired) electrons. The fourth-order valence-electron chi connectivity index (χ4n) is 3.58. The van der Waals surface area contributed by atoms with E-state index in [9.17, 15) is 5.26 Å². The van der Waals surface area contributed by atoms with E-state index in [0.29, 0.717) is 44.0 Å². The van der Waals surface area contributed by atoms with E-state index in [4.69, 9.17) is 32.7 Å². The molecule has 1 aromatic heterocycles. The number of imidazole rings is 1. The Kier molecular flexibility index (Phi) is 7.71. The molecule has 1 N–H and O–H groups in total. The zero-order chi connectivity index (χ0) is 25.1. The number of benzene rings is 3. The molecule has 0 aliphatic rings. The average Bonchev–Trinajstić information content (AvgIpc) is 3.22. The summed E-state index contributed by atoms with van der Waals surface area (Å²) in [5.74, 6) is 1.63. The van der Waals surface area contributed by atoms with Crippen LogP contribution in [0.4, 0.5) is 0 Å². The zero-order valence-electron chi connectivity index (χ0n) is 19.4. The molecular weight excluding hydrogens is 549 g/mol. The van der Waals surface area contributed by atoms with Crippen molar-refractivity contribution in [2.45, 2.75) is 27.4 Å². The quantitative estimate of drug-likeness (QED) is 0.227. The van der Waals surface area contributed by atoms with Crippen LogP contribution in [0.15, 0.2) is 46.9 Å². The van der Waals surface area contributed by atoms with Gasteiger partial charge in [0.1, 0.15) is 18.5 Å². The summed E-state index contributed by atoms with van der Waals surface area (Å²) in [7, 11) is 0. The average molecular weight is 571 g/mol. The van der Waals surface area contributed by atoms with E-state index >= 15 is 0 Å². The smallest absolute Gasteiger partial charge is 0.175 e. The number of halogens is 3. The van der Waals surface area contributed by atoms with Gasteiger partial charge in [-0.05, 0) is 101 Å². The van der Waals surface area contributed by atoms with Gasteiger partial charge in [-0.15, -0.1) is 0 Å². The number of H-pyrrole nitrogens is 1. The van der Waals surface area contributed by atoms with Crippen LogP contribution in [0, 0.1) is 25.2 Å². The number of aromatic amines is 1. The SMILES string of the molecule is CCOc1cc(/C=C(\C#N)c2nc3cc(C)c(C)cc3[nH]2)cc(Br)c1OCc1ccc(Cl)c(Cl)c1. The van der Waals surface area contributed by atoms with Gasteiger partial charge >= 0.3 is 0 Å². The number of nitrogens with zero attached hydrogens (tertiary/aromatic N) is 2. The van der Waals surface area contributed by atoms with E-state index in [2.05, 4.69) is 32.0 Å². The molecule has 0 aliphatic carbocycles. The number of allylic oxidation sites excluding steroid dienone is 1. The van der Waals surface area contributed by atoms with Crippen LogP contribution >= 0.6 is 39.1 Å². The number of aromatic nitrogens is 2.